The quantitative estimate of drug-likeness (QED) is 0.798. The highest BCUT2D eigenvalue weighted by molar-refractivity contribution is 7.92. The summed E-state index contributed by atoms with van der Waals surface area (Å²) < 4.78 is 32.8. The van der Waals surface area contributed by atoms with Crippen LogP contribution in [-0.4, -0.2) is 18.6 Å². The lowest BCUT2D eigenvalue weighted by molar-refractivity contribution is 0.452. The van der Waals surface area contributed by atoms with Crippen molar-refractivity contribution in [1.82, 2.24) is 10.1 Å². The summed E-state index contributed by atoms with van der Waals surface area (Å²) >= 11 is 0. The fourth-order valence-corrected chi connectivity index (χ4v) is 3.98. The predicted molar refractivity (Wildman–Crippen MR) is 85.7 cm³/mol. The normalized spacial score (nSPS) is 14.6. The molecule has 118 valence electrons. The molecule has 2 aromatic heterocycles. The summed E-state index contributed by atoms with van der Waals surface area (Å²) in [6.07, 6.45) is 5.77. The number of rotatable bonds is 3. The molecular weight excluding hydrogens is 314 g/mol. The van der Waals surface area contributed by atoms with Crippen LogP contribution in [-0.2, 0) is 22.9 Å². The fourth-order valence-electron chi connectivity index (χ4n) is 2.92. The van der Waals surface area contributed by atoms with Gasteiger partial charge in [0.25, 0.3) is 15.7 Å². The highest BCUT2D eigenvalue weighted by Gasteiger charge is 2.20. The molecule has 2 heterocycles. The van der Waals surface area contributed by atoms with Gasteiger partial charge < -0.3 is 4.52 Å². The molecule has 6 nitrogen and oxygen atoms in total. The minimum Gasteiger partial charge on any atom is -0.334 e. The smallest absolute Gasteiger partial charge is 0.263 e. The van der Waals surface area contributed by atoms with Gasteiger partial charge in [0.15, 0.2) is 5.82 Å². The van der Waals surface area contributed by atoms with Gasteiger partial charge in [-0.3, -0.25) is 4.72 Å². The molecule has 23 heavy (non-hydrogen) atoms. The van der Waals surface area contributed by atoms with Crippen LogP contribution in [0.25, 0.3) is 11.1 Å². The van der Waals surface area contributed by atoms with Gasteiger partial charge in [-0.1, -0.05) is 11.2 Å². The number of nitrogens with one attached hydrogen (secondary N) is 1. The molecule has 0 aliphatic heterocycles. The van der Waals surface area contributed by atoms with Crippen molar-refractivity contribution in [2.24, 2.45) is 0 Å². The number of aryl methyl sites for hydroxylation is 2. The largest absolute Gasteiger partial charge is 0.334 e. The first kappa shape index (κ1) is 14.2. The molecule has 0 unspecified atom stereocenters. The lowest BCUT2D eigenvalue weighted by Crippen LogP contribution is -2.14. The van der Waals surface area contributed by atoms with Crippen LogP contribution < -0.4 is 4.72 Å². The Morgan fingerprint density at radius 1 is 1.09 bits per heavy atom. The van der Waals surface area contributed by atoms with Crippen molar-refractivity contribution in [3.63, 3.8) is 0 Å². The Hall–Kier alpha value is -2.41. The number of anilines is 1. The standard InChI is InChI=1S/C16H15N3O3S/c20-23(21,13-8-7-11-4-1-2-5-12(11)10-13)19-15-14-6-3-9-17-16(14)22-18-15/h3,6-10H,1-2,4-5H2,(H,18,19). The fraction of sp³-hybridized carbons (Fsp3) is 0.250. The first-order valence-electron chi connectivity index (χ1n) is 7.48. The number of hydrogen-bond acceptors (Lipinski definition) is 5. The van der Waals surface area contributed by atoms with Crippen LogP contribution in [0.3, 0.4) is 0 Å². The molecule has 1 aliphatic carbocycles. The average molecular weight is 329 g/mol. The van der Waals surface area contributed by atoms with E-state index in [0.717, 1.165) is 31.2 Å². The molecule has 1 aliphatic rings. The Bertz CT molecular complexity index is 979. The second kappa shape index (κ2) is 5.34. The second-order valence-electron chi connectivity index (χ2n) is 5.63. The summed E-state index contributed by atoms with van der Waals surface area (Å²) in [4.78, 5) is 4.25. The number of pyridine rings is 1. The summed E-state index contributed by atoms with van der Waals surface area (Å²) in [7, 11) is -3.71. The molecule has 0 fully saturated rings. The summed E-state index contributed by atoms with van der Waals surface area (Å²) in [5.41, 5.74) is 2.66. The van der Waals surface area contributed by atoms with Gasteiger partial charge in [0, 0.05) is 6.20 Å². The van der Waals surface area contributed by atoms with E-state index in [0.29, 0.717) is 11.1 Å². The van der Waals surface area contributed by atoms with Crippen molar-refractivity contribution in [3.8, 4) is 0 Å². The Labute approximate surface area is 133 Å². The summed E-state index contributed by atoms with van der Waals surface area (Å²) in [5, 5.41) is 4.30. The molecule has 7 heteroatoms. The van der Waals surface area contributed by atoms with Gasteiger partial charge in [0.1, 0.15) is 0 Å². The zero-order valence-corrected chi connectivity index (χ0v) is 13.1. The molecule has 0 saturated heterocycles. The lowest BCUT2D eigenvalue weighted by atomic mass is 9.92. The van der Waals surface area contributed by atoms with Gasteiger partial charge in [0.05, 0.1) is 10.3 Å². The third-order valence-electron chi connectivity index (χ3n) is 4.11. The van der Waals surface area contributed by atoms with Gasteiger partial charge in [0.2, 0.25) is 0 Å². The van der Waals surface area contributed by atoms with E-state index in [1.54, 1.807) is 30.5 Å². The Balaban J connectivity index is 1.70. The monoisotopic (exact) mass is 329 g/mol. The van der Waals surface area contributed by atoms with Gasteiger partial charge in [-0.25, -0.2) is 13.4 Å². The molecule has 3 aromatic rings. The second-order valence-corrected chi connectivity index (χ2v) is 7.31. The molecule has 0 bridgehead atoms. The van der Waals surface area contributed by atoms with Crippen LogP contribution in [0.5, 0.6) is 0 Å². The molecule has 0 atom stereocenters. The SMILES string of the molecule is O=S(=O)(Nc1noc2ncccc12)c1ccc2c(c1)CCCC2. The van der Waals surface area contributed by atoms with Crippen LogP contribution in [0, 0.1) is 0 Å². The minimum absolute atomic E-state index is 0.158. The van der Waals surface area contributed by atoms with E-state index in [1.165, 1.54) is 5.56 Å². The molecular formula is C16H15N3O3S. The van der Waals surface area contributed by atoms with E-state index in [1.807, 2.05) is 6.07 Å². The van der Waals surface area contributed by atoms with E-state index in [2.05, 4.69) is 14.9 Å². The van der Waals surface area contributed by atoms with Crippen LogP contribution in [0.15, 0.2) is 45.9 Å². The van der Waals surface area contributed by atoms with Gasteiger partial charge in [-0.2, -0.15) is 0 Å². The van der Waals surface area contributed by atoms with E-state index >= 15 is 0 Å². The van der Waals surface area contributed by atoms with E-state index in [-0.39, 0.29) is 10.7 Å². The maximum Gasteiger partial charge on any atom is 0.263 e. The highest BCUT2D eigenvalue weighted by atomic mass is 32.2. The summed E-state index contributed by atoms with van der Waals surface area (Å²) in [6, 6.07) is 8.73. The Morgan fingerprint density at radius 2 is 1.91 bits per heavy atom. The van der Waals surface area contributed by atoms with E-state index in [9.17, 15) is 8.42 Å². The lowest BCUT2D eigenvalue weighted by Gasteiger charge is -2.16. The van der Waals surface area contributed by atoms with E-state index < -0.39 is 10.0 Å². The molecule has 0 amide bonds. The first-order valence-corrected chi connectivity index (χ1v) is 8.97. The Kier molecular flexibility index (Phi) is 3.30. The molecule has 0 spiro atoms. The number of nitrogens with zero attached hydrogens (tertiary/aromatic N) is 2. The van der Waals surface area contributed by atoms with Crippen molar-refractivity contribution < 1.29 is 12.9 Å². The van der Waals surface area contributed by atoms with Gasteiger partial charge >= 0.3 is 0 Å². The number of sulfonamides is 1. The summed E-state index contributed by atoms with van der Waals surface area (Å²) in [5.74, 6) is 0.158. The average Bonchev–Trinajstić information content (AvgIpc) is 2.97. The van der Waals surface area contributed by atoms with Crippen LogP contribution in [0.4, 0.5) is 5.82 Å². The first-order chi connectivity index (χ1) is 11.1. The number of hydrogen-bond donors (Lipinski definition) is 1. The predicted octanol–water partition coefficient (Wildman–Crippen LogP) is 2.90. The number of benzene rings is 1. The number of aromatic nitrogens is 2. The maximum absolute atomic E-state index is 12.6. The third-order valence-corrected chi connectivity index (χ3v) is 5.45. The molecule has 0 radical (unpaired) electrons. The molecule has 1 N–H and O–H groups in total. The third kappa shape index (κ3) is 2.57. The van der Waals surface area contributed by atoms with Gasteiger partial charge in [-0.05, 0) is 61.1 Å². The summed E-state index contributed by atoms with van der Waals surface area (Å²) in [6.45, 7) is 0. The van der Waals surface area contributed by atoms with Crippen molar-refractivity contribution >= 4 is 26.9 Å². The minimum atomic E-state index is -3.71. The van der Waals surface area contributed by atoms with E-state index in [4.69, 9.17) is 4.52 Å². The molecule has 4 rings (SSSR count). The van der Waals surface area contributed by atoms with Crippen molar-refractivity contribution in [3.05, 3.63) is 47.7 Å². The van der Waals surface area contributed by atoms with Crippen molar-refractivity contribution in [2.75, 3.05) is 4.72 Å². The molecule has 0 saturated carbocycles. The number of fused-ring (bicyclic) bond motifs is 2. The van der Waals surface area contributed by atoms with Gasteiger partial charge in [-0.15, -0.1) is 0 Å². The van der Waals surface area contributed by atoms with Crippen LogP contribution in [0.1, 0.15) is 24.0 Å². The highest BCUT2D eigenvalue weighted by Crippen LogP contribution is 2.27. The van der Waals surface area contributed by atoms with Crippen LogP contribution >= 0.6 is 0 Å². The van der Waals surface area contributed by atoms with Crippen LogP contribution in [0.2, 0.25) is 0 Å². The Morgan fingerprint density at radius 3 is 2.78 bits per heavy atom. The topological polar surface area (TPSA) is 85.1 Å². The van der Waals surface area contributed by atoms with Crippen molar-refractivity contribution in [2.45, 2.75) is 30.6 Å². The molecule has 1 aromatic carbocycles. The zero-order chi connectivity index (χ0) is 15.9. The van der Waals surface area contributed by atoms with Crippen molar-refractivity contribution in [1.29, 1.82) is 0 Å². The zero-order valence-electron chi connectivity index (χ0n) is 12.3. The maximum atomic E-state index is 12.6.